The molecule has 2 aromatic carbocycles. The Morgan fingerprint density at radius 3 is 2.05 bits per heavy atom. The largest absolute Gasteiger partial charge is 0.507 e. The summed E-state index contributed by atoms with van der Waals surface area (Å²) >= 11 is 0. The van der Waals surface area contributed by atoms with Crippen LogP contribution in [-0.2, 0) is 0 Å². The third kappa shape index (κ3) is 2.79. The van der Waals surface area contributed by atoms with Gasteiger partial charge in [-0.3, -0.25) is 4.79 Å². The monoisotopic (exact) mass is 265 g/mol. The fourth-order valence-electron chi connectivity index (χ4n) is 1.58. The Kier molecular flexibility index (Phi) is 3.33. The number of nitrogens with one attached hydrogen (secondary N) is 1. The van der Waals surface area contributed by atoms with Crippen LogP contribution >= 0.6 is 0 Å². The van der Waals surface area contributed by atoms with Gasteiger partial charge in [0.2, 0.25) is 0 Å². The van der Waals surface area contributed by atoms with Crippen molar-refractivity contribution < 1.29 is 23.8 Å². The molecule has 3 N–H and O–H groups in total. The quantitative estimate of drug-likeness (QED) is 0.781. The third-order valence-electron chi connectivity index (χ3n) is 2.37. The molecule has 6 heteroatoms. The van der Waals surface area contributed by atoms with Gasteiger partial charge in [-0.15, -0.1) is 0 Å². The Balaban J connectivity index is 2.31. The molecule has 2 rings (SSSR count). The van der Waals surface area contributed by atoms with E-state index < -0.39 is 29.0 Å². The van der Waals surface area contributed by atoms with E-state index in [0.717, 1.165) is 12.1 Å². The van der Waals surface area contributed by atoms with Gasteiger partial charge < -0.3 is 15.5 Å². The summed E-state index contributed by atoms with van der Waals surface area (Å²) in [6.07, 6.45) is 0. The van der Waals surface area contributed by atoms with E-state index in [4.69, 9.17) is 0 Å². The number of phenolic OH excluding ortho intramolecular Hbond substituents is 2. The molecule has 0 radical (unpaired) electrons. The lowest BCUT2D eigenvalue weighted by molar-refractivity contribution is 0.102. The van der Waals surface area contributed by atoms with Crippen LogP contribution in [0.25, 0.3) is 0 Å². The molecule has 0 heterocycles. The van der Waals surface area contributed by atoms with E-state index in [1.807, 2.05) is 0 Å². The van der Waals surface area contributed by atoms with Crippen LogP contribution in [0, 0.1) is 11.6 Å². The van der Waals surface area contributed by atoms with Gasteiger partial charge in [0.25, 0.3) is 5.91 Å². The first-order valence-corrected chi connectivity index (χ1v) is 5.26. The van der Waals surface area contributed by atoms with E-state index in [1.54, 1.807) is 0 Å². The molecule has 2 aromatic rings. The van der Waals surface area contributed by atoms with E-state index in [2.05, 4.69) is 5.32 Å². The molecule has 0 spiro atoms. The van der Waals surface area contributed by atoms with Gasteiger partial charge in [-0.25, -0.2) is 8.78 Å². The Labute approximate surface area is 106 Å². The van der Waals surface area contributed by atoms with Crippen LogP contribution in [0.5, 0.6) is 11.5 Å². The van der Waals surface area contributed by atoms with E-state index in [0.29, 0.717) is 6.07 Å². The summed E-state index contributed by atoms with van der Waals surface area (Å²) in [7, 11) is 0. The van der Waals surface area contributed by atoms with Crippen LogP contribution in [0.4, 0.5) is 14.5 Å². The Hall–Kier alpha value is -2.63. The Morgan fingerprint density at radius 1 is 1.00 bits per heavy atom. The number of phenols is 2. The van der Waals surface area contributed by atoms with Crippen LogP contribution in [0.1, 0.15) is 10.4 Å². The average molecular weight is 265 g/mol. The van der Waals surface area contributed by atoms with E-state index in [1.165, 1.54) is 18.2 Å². The molecule has 0 bridgehead atoms. The summed E-state index contributed by atoms with van der Waals surface area (Å²) in [6.45, 7) is 0. The highest BCUT2D eigenvalue weighted by Crippen LogP contribution is 2.27. The zero-order valence-corrected chi connectivity index (χ0v) is 9.52. The lowest BCUT2D eigenvalue weighted by Crippen LogP contribution is -2.12. The van der Waals surface area contributed by atoms with Crippen LogP contribution in [-0.4, -0.2) is 16.1 Å². The standard InChI is InChI=1S/C13H9F2NO3/c14-7-4-8(15)6-9(5-7)16-13(19)12-10(17)2-1-3-11(12)18/h1-6,17-18H,(H,16,19). The normalized spacial score (nSPS) is 10.2. The Morgan fingerprint density at radius 2 is 1.53 bits per heavy atom. The summed E-state index contributed by atoms with van der Waals surface area (Å²) < 4.78 is 25.9. The lowest BCUT2D eigenvalue weighted by Gasteiger charge is -2.08. The summed E-state index contributed by atoms with van der Waals surface area (Å²) in [5.41, 5.74) is -0.489. The molecule has 0 aliphatic carbocycles. The van der Waals surface area contributed by atoms with Crippen molar-refractivity contribution in [2.24, 2.45) is 0 Å². The minimum absolute atomic E-state index is 0.120. The van der Waals surface area contributed by atoms with Gasteiger partial charge in [-0.05, 0) is 24.3 Å². The number of hydrogen-bond acceptors (Lipinski definition) is 3. The number of rotatable bonds is 2. The van der Waals surface area contributed by atoms with Crippen molar-refractivity contribution in [3.8, 4) is 11.5 Å². The number of benzene rings is 2. The van der Waals surface area contributed by atoms with Crippen molar-refractivity contribution in [2.75, 3.05) is 5.32 Å². The second-order valence-electron chi connectivity index (χ2n) is 3.78. The summed E-state index contributed by atoms with van der Waals surface area (Å²) in [5, 5.41) is 21.1. The maximum absolute atomic E-state index is 12.9. The number of anilines is 1. The average Bonchev–Trinajstić information content (AvgIpc) is 2.26. The molecule has 0 aromatic heterocycles. The topological polar surface area (TPSA) is 69.6 Å². The summed E-state index contributed by atoms with van der Waals surface area (Å²) in [5.74, 6) is -3.45. The van der Waals surface area contributed by atoms with Gasteiger partial charge in [0.05, 0.1) is 0 Å². The molecule has 98 valence electrons. The van der Waals surface area contributed by atoms with Gasteiger partial charge >= 0.3 is 0 Å². The molecule has 0 fully saturated rings. The van der Waals surface area contributed by atoms with Gasteiger partial charge in [-0.1, -0.05) is 6.07 Å². The number of carbonyl (C=O) groups excluding carboxylic acids is 1. The lowest BCUT2D eigenvalue weighted by atomic mass is 10.1. The number of aromatic hydroxyl groups is 2. The maximum atomic E-state index is 12.9. The predicted molar refractivity (Wildman–Crippen MR) is 64.1 cm³/mol. The molecule has 0 saturated carbocycles. The summed E-state index contributed by atoms with van der Waals surface area (Å²) in [6, 6.07) is 6.26. The highest BCUT2D eigenvalue weighted by molar-refractivity contribution is 6.08. The zero-order valence-electron chi connectivity index (χ0n) is 9.52. The van der Waals surface area contributed by atoms with Crippen molar-refractivity contribution >= 4 is 11.6 Å². The van der Waals surface area contributed by atoms with E-state index in [9.17, 15) is 23.8 Å². The minimum atomic E-state index is -0.874. The third-order valence-corrected chi connectivity index (χ3v) is 2.37. The van der Waals surface area contributed by atoms with Gasteiger partial charge in [0.15, 0.2) is 0 Å². The molecule has 1 amide bonds. The smallest absolute Gasteiger partial charge is 0.263 e. The highest BCUT2D eigenvalue weighted by Gasteiger charge is 2.16. The first kappa shape index (κ1) is 12.8. The van der Waals surface area contributed by atoms with Crippen LogP contribution in [0.2, 0.25) is 0 Å². The molecule has 19 heavy (non-hydrogen) atoms. The highest BCUT2D eigenvalue weighted by atomic mass is 19.1. The second kappa shape index (κ2) is 4.93. The summed E-state index contributed by atoms with van der Waals surface area (Å²) in [4.78, 5) is 11.8. The molecule has 4 nitrogen and oxygen atoms in total. The SMILES string of the molecule is O=C(Nc1cc(F)cc(F)c1)c1c(O)cccc1O. The molecule has 0 unspecified atom stereocenters. The molecule has 0 atom stereocenters. The predicted octanol–water partition coefficient (Wildman–Crippen LogP) is 2.63. The molecular weight excluding hydrogens is 256 g/mol. The Bertz CT molecular complexity index is 603. The number of hydrogen-bond donors (Lipinski definition) is 3. The molecule has 0 saturated heterocycles. The molecule has 0 aliphatic heterocycles. The van der Waals surface area contributed by atoms with Crippen LogP contribution in [0.15, 0.2) is 36.4 Å². The number of halogens is 2. The van der Waals surface area contributed by atoms with E-state index in [-0.39, 0.29) is 11.3 Å². The number of amides is 1. The zero-order chi connectivity index (χ0) is 14.0. The fourth-order valence-corrected chi connectivity index (χ4v) is 1.58. The first-order valence-electron chi connectivity index (χ1n) is 5.26. The first-order chi connectivity index (χ1) is 8.97. The van der Waals surface area contributed by atoms with Crippen LogP contribution in [0.3, 0.4) is 0 Å². The van der Waals surface area contributed by atoms with Gasteiger partial charge in [-0.2, -0.15) is 0 Å². The fraction of sp³-hybridized carbons (Fsp3) is 0. The number of carbonyl (C=O) groups is 1. The molecular formula is C13H9F2NO3. The van der Waals surface area contributed by atoms with Crippen molar-refractivity contribution in [1.29, 1.82) is 0 Å². The van der Waals surface area contributed by atoms with E-state index >= 15 is 0 Å². The second-order valence-corrected chi connectivity index (χ2v) is 3.78. The van der Waals surface area contributed by atoms with Crippen LogP contribution < -0.4 is 5.32 Å². The van der Waals surface area contributed by atoms with Gasteiger partial charge in [0.1, 0.15) is 28.7 Å². The maximum Gasteiger partial charge on any atom is 0.263 e. The van der Waals surface area contributed by atoms with Crippen molar-refractivity contribution in [3.05, 3.63) is 53.6 Å². The van der Waals surface area contributed by atoms with Gasteiger partial charge in [0, 0.05) is 11.8 Å². The van der Waals surface area contributed by atoms with Crippen molar-refractivity contribution in [1.82, 2.24) is 0 Å². The molecule has 0 aliphatic rings. The van der Waals surface area contributed by atoms with Crippen molar-refractivity contribution in [2.45, 2.75) is 0 Å². The van der Waals surface area contributed by atoms with Crippen molar-refractivity contribution in [3.63, 3.8) is 0 Å². The minimum Gasteiger partial charge on any atom is -0.507 e.